The molecule has 0 atom stereocenters. The molecule has 8 heteroatoms. The lowest BCUT2D eigenvalue weighted by Crippen LogP contribution is -2.07. The molecule has 0 aliphatic carbocycles. The van der Waals surface area contributed by atoms with Crippen molar-refractivity contribution in [1.29, 1.82) is 0 Å². The van der Waals surface area contributed by atoms with E-state index in [1.54, 1.807) is 12.3 Å². The first-order valence-electron chi connectivity index (χ1n) is 10.7. The highest BCUT2D eigenvalue weighted by atomic mass is 16.3. The summed E-state index contributed by atoms with van der Waals surface area (Å²) in [4.78, 5) is 22.2. The molecular formula is C25H23N7O. The highest BCUT2D eigenvalue weighted by molar-refractivity contribution is 5.83. The maximum atomic E-state index is 9.94. The topological polar surface area (TPSA) is 101 Å². The molecule has 0 aromatic carbocycles. The number of aryl methyl sites for hydroxylation is 2. The monoisotopic (exact) mass is 437 g/mol. The lowest BCUT2D eigenvalue weighted by atomic mass is 10.1. The van der Waals surface area contributed by atoms with E-state index in [1.165, 1.54) is 6.20 Å². The first-order valence-corrected chi connectivity index (χ1v) is 10.7. The molecule has 0 fully saturated rings. The zero-order valence-corrected chi connectivity index (χ0v) is 18.4. The Labute approximate surface area is 191 Å². The van der Waals surface area contributed by atoms with Crippen LogP contribution in [0.3, 0.4) is 0 Å². The van der Waals surface area contributed by atoms with Crippen LogP contribution in [0.4, 0.5) is 5.69 Å². The normalized spacial score (nSPS) is 11.1. The molecule has 8 nitrogen and oxygen atoms in total. The van der Waals surface area contributed by atoms with Gasteiger partial charge in [-0.3, -0.25) is 14.4 Å². The van der Waals surface area contributed by atoms with Crippen LogP contribution < -0.4 is 5.32 Å². The van der Waals surface area contributed by atoms with Gasteiger partial charge in [0.2, 0.25) is 0 Å². The summed E-state index contributed by atoms with van der Waals surface area (Å²) in [5, 5.41) is 13.5. The zero-order chi connectivity index (χ0) is 22.8. The van der Waals surface area contributed by atoms with Crippen molar-refractivity contribution >= 4 is 11.3 Å². The summed E-state index contributed by atoms with van der Waals surface area (Å²) >= 11 is 0. The number of anilines is 1. The number of nitrogens with one attached hydrogen (secondary N) is 1. The predicted octanol–water partition coefficient (Wildman–Crippen LogP) is 4.23. The molecule has 0 spiro atoms. The maximum absolute atomic E-state index is 9.94. The van der Waals surface area contributed by atoms with Crippen LogP contribution in [-0.2, 0) is 6.42 Å². The van der Waals surface area contributed by atoms with Crippen molar-refractivity contribution in [3.8, 4) is 28.8 Å². The molecule has 0 unspecified atom stereocenters. The second-order valence-electron chi connectivity index (χ2n) is 7.84. The first-order chi connectivity index (χ1) is 16.1. The van der Waals surface area contributed by atoms with Crippen molar-refractivity contribution < 1.29 is 5.11 Å². The van der Waals surface area contributed by atoms with Crippen LogP contribution in [0.25, 0.3) is 28.4 Å². The van der Waals surface area contributed by atoms with Crippen LogP contribution in [0, 0.1) is 13.8 Å². The Morgan fingerprint density at radius 1 is 0.909 bits per heavy atom. The molecule has 5 heterocycles. The van der Waals surface area contributed by atoms with E-state index in [0.29, 0.717) is 17.9 Å². The summed E-state index contributed by atoms with van der Waals surface area (Å²) in [6.45, 7) is 4.70. The van der Waals surface area contributed by atoms with Gasteiger partial charge in [0.15, 0.2) is 5.65 Å². The van der Waals surface area contributed by atoms with E-state index in [2.05, 4.69) is 26.3 Å². The number of rotatable bonds is 6. The van der Waals surface area contributed by atoms with E-state index in [4.69, 9.17) is 9.97 Å². The fourth-order valence-corrected chi connectivity index (χ4v) is 3.86. The van der Waals surface area contributed by atoms with Gasteiger partial charge < -0.3 is 10.4 Å². The number of aromatic nitrogens is 6. The number of hydrogen-bond donors (Lipinski definition) is 2. The molecule has 0 aliphatic rings. The van der Waals surface area contributed by atoms with Crippen molar-refractivity contribution in [3.05, 3.63) is 84.1 Å². The quantitative estimate of drug-likeness (QED) is 0.410. The van der Waals surface area contributed by atoms with Gasteiger partial charge in [-0.25, -0.2) is 9.97 Å². The van der Waals surface area contributed by atoms with Crippen LogP contribution in [0.15, 0.2) is 67.1 Å². The number of imidazole rings is 1. The Hall–Kier alpha value is -4.33. The number of nitrogens with zero attached hydrogens (tertiary/aromatic N) is 6. The van der Waals surface area contributed by atoms with Crippen molar-refractivity contribution in [2.24, 2.45) is 0 Å². The van der Waals surface area contributed by atoms with Crippen molar-refractivity contribution in [3.63, 3.8) is 0 Å². The average Bonchev–Trinajstić information content (AvgIpc) is 3.19. The van der Waals surface area contributed by atoms with Gasteiger partial charge in [-0.1, -0.05) is 12.1 Å². The van der Waals surface area contributed by atoms with Crippen molar-refractivity contribution in [2.75, 3.05) is 11.9 Å². The second kappa shape index (κ2) is 8.66. The van der Waals surface area contributed by atoms with Gasteiger partial charge in [0.25, 0.3) is 0 Å². The van der Waals surface area contributed by atoms with Gasteiger partial charge in [0.05, 0.1) is 17.1 Å². The summed E-state index contributed by atoms with van der Waals surface area (Å²) in [7, 11) is 0. The van der Waals surface area contributed by atoms with Crippen LogP contribution in [0.5, 0.6) is 6.01 Å². The fourth-order valence-electron chi connectivity index (χ4n) is 3.86. The van der Waals surface area contributed by atoms with E-state index < -0.39 is 0 Å². The fraction of sp³-hybridized carbons (Fsp3) is 0.160. The summed E-state index contributed by atoms with van der Waals surface area (Å²) in [6, 6.07) is 15.3. The third kappa shape index (κ3) is 4.23. The van der Waals surface area contributed by atoms with E-state index in [9.17, 15) is 5.11 Å². The Morgan fingerprint density at radius 2 is 1.82 bits per heavy atom. The molecule has 5 aromatic rings. The van der Waals surface area contributed by atoms with Crippen LogP contribution in [-0.4, -0.2) is 41.0 Å². The standard InChI is InChI=1S/C25H23N7O/c1-16-14-21(27-12-9-18-7-3-4-11-26-18)24-31-22(19-8-5-6-17(2)29-19)23(32(24)15-16)20-10-13-28-25(33)30-20/h3-8,10-11,13-15,27H,9,12H2,1-2H3,(H,28,30,33). The summed E-state index contributed by atoms with van der Waals surface area (Å²) in [5.41, 5.74) is 7.39. The molecule has 0 radical (unpaired) electrons. The Morgan fingerprint density at radius 3 is 2.61 bits per heavy atom. The van der Waals surface area contributed by atoms with Crippen molar-refractivity contribution in [1.82, 2.24) is 29.3 Å². The summed E-state index contributed by atoms with van der Waals surface area (Å²) in [5.74, 6) is 0. The molecule has 33 heavy (non-hydrogen) atoms. The molecule has 0 aliphatic heterocycles. The van der Waals surface area contributed by atoms with E-state index in [-0.39, 0.29) is 6.01 Å². The molecule has 5 aromatic heterocycles. The van der Waals surface area contributed by atoms with Gasteiger partial charge in [0, 0.05) is 42.9 Å². The SMILES string of the molecule is Cc1cc(NCCc2ccccn2)c2nc(-c3cccc(C)n3)c(-c3ccnc(O)n3)n2c1. The number of hydrogen-bond acceptors (Lipinski definition) is 7. The van der Waals surface area contributed by atoms with Gasteiger partial charge in [-0.2, -0.15) is 4.98 Å². The highest BCUT2D eigenvalue weighted by Gasteiger charge is 2.21. The summed E-state index contributed by atoms with van der Waals surface area (Å²) < 4.78 is 2.00. The van der Waals surface area contributed by atoms with Crippen LogP contribution in [0.2, 0.25) is 0 Å². The average molecular weight is 438 g/mol. The third-order valence-corrected chi connectivity index (χ3v) is 5.30. The Balaban J connectivity index is 1.64. The lowest BCUT2D eigenvalue weighted by Gasteiger charge is -2.10. The number of pyridine rings is 3. The van der Waals surface area contributed by atoms with Gasteiger partial charge in [-0.15, -0.1) is 0 Å². The van der Waals surface area contributed by atoms with Crippen molar-refractivity contribution in [2.45, 2.75) is 20.3 Å². The van der Waals surface area contributed by atoms with Gasteiger partial charge in [-0.05, 0) is 55.8 Å². The van der Waals surface area contributed by atoms with E-state index in [1.807, 2.05) is 60.8 Å². The molecule has 5 rings (SSSR count). The molecule has 0 bridgehead atoms. The molecular weight excluding hydrogens is 414 g/mol. The van der Waals surface area contributed by atoms with Gasteiger partial charge >= 0.3 is 6.01 Å². The maximum Gasteiger partial charge on any atom is 0.314 e. The highest BCUT2D eigenvalue weighted by Crippen LogP contribution is 2.34. The zero-order valence-electron chi connectivity index (χ0n) is 18.4. The van der Waals surface area contributed by atoms with E-state index in [0.717, 1.165) is 46.1 Å². The number of fused-ring (bicyclic) bond motifs is 1. The Kier molecular flexibility index (Phi) is 5.40. The number of aromatic hydroxyl groups is 1. The smallest absolute Gasteiger partial charge is 0.314 e. The lowest BCUT2D eigenvalue weighted by molar-refractivity contribution is 0.431. The summed E-state index contributed by atoms with van der Waals surface area (Å²) in [6.07, 6.45) is 6.15. The van der Waals surface area contributed by atoms with Crippen LogP contribution >= 0.6 is 0 Å². The molecule has 2 N–H and O–H groups in total. The minimum absolute atomic E-state index is 0.285. The molecule has 0 saturated heterocycles. The molecule has 0 saturated carbocycles. The molecule has 164 valence electrons. The molecule has 0 amide bonds. The third-order valence-electron chi connectivity index (χ3n) is 5.30. The van der Waals surface area contributed by atoms with Crippen LogP contribution in [0.1, 0.15) is 17.0 Å². The Bertz CT molecular complexity index is 1430. The minimum atomic E-state index is -0.285. The predicted molar refractivity (Wildman–Crippen MR) is 127 cm³/mol. The van der Waals surface area contributed by atoms with Gasteiger partial charge in [0.1, 0.15) is 11.4 Å². The minimum Gasteiger partial charge on any atom is -0.479 e. The first kappa shape index (κ1) is 20.6. The largest absolute Gasteiger partial charge is 0.479 e. The van der Waals surface area contributed by atoms with E-state index >= 15 is 0 Å². The second-order valence-corrected chi connectivity index (χ2v) is 7.84.